The van der Waals surface area contributed by atoms with E-state index in [0.717, 1.165) is 11.1 Å². The zero-order chi connectivity index (χ0) is 12.4. The third-order valence-corrected chi connectivity index (χ3v) is 3.24. The molecule has 0 saturated carbocycles. The van der Waals surface area contributed by atoms with Crippen molar-refractivity contribution in [3.05, 3.63) is 29.3 Å². The van der Waals surface area contributed by atoms with Gasteiger partial charge in [-0.15, -0.1) is 0 Å². The van der Waals surface area contributed by atoms with Crippen LogP contribution in [-0.4, -0.2) is 23.7 Å². The van der Waals surface area contributed by atoms with Crippen LogP contribution in [-0.2, 0) is 16.0 Å². The monoisotopic (exact) mass is 235 g/mol. The van der Waals surface area contributed by atoms with Gasteiger partial charge in [-0.3, -0.25) is 4.79 Å². The number of phenols is 1. The van der Waals surface area contributed by atoms with Gasteiger partial charge in [0.15, 0.2) is 0 Å². The van der Waals surface area contributed by atoms with Gasteiger partial charge in [0.05, 0.1) is 13.0 Å². The minimum absolute atomic E-state index is 0.0452. The SMILES string of the molecule is CCOC(=O)CC1c2cccc(O)c2CC1N. The van der Waals surface area contributed by atoms with Gasteiger partial charge in [0.25, 0.3) is 0 Å². The Morgan fingerprint density at radius 3 is 3.06 bits per heavy atom. The number of esters is 1. The lowest BCUT2D eigenvalue weighted by atomic mass is 9.95. The Kier molecular flexibility index (Phi) is 3.33. The molecule has 4 nitrogen and oxygen atoms in total. The van der Waals surface area contributed by atoms with Crippen LogP contribution in [0.25, 0.3) is 0 Å². The summed E-state index contributed by atoms with van der Waals surface area (Å²) in [5.41, 5.74) is 7.87. The fourth-order valence-corrected chi connectivity index (χ4v) is 2.43. The summed E-state index contributed by atoms with van der Waals surface area (Å²) in [6, 6.07) is 5.23. The van der Waals surface area contributed by atoms with Crippen molar-refractivity contribution in [2.45, 2.75) is 31.7 Å². The van der Waals surface area contributed by atoms with Crippen LogP contribution in [0.15, 0.2) is 18.2 Å². The highest BCUT2D eigenvalue weighted by atomic mass is 16.5. The van der Waals surface area contributed by atoms with E-state index in [1.54, 1.807) is 19.1 Å². The number of benzene rings is 1. The van der Waals surface area contributed by atoms with E-state index in [2.05, 4.69) is 0 Å². The van der Waals surface area contributed by atoms with Gasteiger partial charge in [0.2, 0.25) is 0 Å². The summed E-state index contributed by atoms with van der Waals surface area (Å²) in [5, 5.41) is 9.73. The van der Waals surface area contributed by atoms with E-state index in [1.165, 1.54) is 0 Å². The van der Waals surface area contributed by atoms with Crippen LogP contribution in [0.5, 0.6) is 5.75 Å². The summed E-state index contributed by atoms with van der Waals surface area (Å²) in [5.74, 6) is -0.00963. The second-order valence-corrected chi connectivity index (χ2v) is 4.33. The van der Waals surface area contributed by atoms with Crippen molar-refractivity contribution in [1.29, 1.82) is 0 Å². The van der Waals surface area contributed by atoms with Crippen LogP contribution >= 0.6 is 0 Å². The molecule has 0 amide bonds. The van der Waals surface area contributed by atoms with E-state index in [9.17, 15) is 9.90 Å². The lowest BCUT2D eigenvalue weighted by Crippen LogP contribution is -2.27. The van der Waals surface area contributed by atoms with Gasteiger partial charge in [-0.05, 0) is 30.5 Å². The average molecular weight is 235 g/mol. The molecule has 3 N–H and O–H groups in total. The van der Waals surface area contributed by atoms with Crippen molar-refractivity contribution in [3.63, 3.8) is 0 Å². The second-order valence-electron chi connectivity index (χ2n) is 4.33. The molecule has 17 heavy (non-hydrogen) atoms. The predicted molar refractivity (Wildman–Crippen MR) is 63.8 cm³/mol. The first-order chi connectivity index (χ1) is 8.13. The van der Waals surface area contributed by atoms with Crippen molar-refractivity contribution < 1.29 is 14.6 Å². The summed E-state index contributed by atoms with van der Waals surface area (Å²) in [6.45, 7) is 2.17. The van der Waals surface area contributed by atoms with E-state index in [0.29, 0.717) is 13.0 Å². The molecule has 1 aliphatic carbocycles. The molecule has 4 heteroatoms. The number of ether oxygens (including phenoxy) is 1. The number of carbonyl (C=O) groups excluding carboxylic acids is 1. The average Bonchev–Trinajstić information content (AvgIpc) is 2.58. The van der Waals surface area contributed by atoms with Crippen molar-refractivity contribution in [2.24, 2.45) is 5.73 Å². The van der Waals surface area contributed by atoms with Crippen molar-refractivity contribution >= 4 is 5.97 Å². The summed E-state index contributed by atoms with van der Waals surface area (Å²) in [6.07, 6.45) is 0.900. The number of aromatic hydroxyl groups is 1. The molecular weight excluding hydrogens is 218 g/mol. The van der Waals surface area contributed by atoms with Gasteiger partial charge >= 0.3 is 5.97 Å². The number of hydrogen-bond acceptors (Lipinski definition) is 4. The molecule has 0 fully saturated rings. The second kappa shape index (κ2) is 4.75. The van der Waals surface area contributed by atoms with Crippen molar-refractivity contribution in [3.8, 4) is 5.75 Å². The van der Waals surface area contributed by atoms with E-state index in [-0.39, 0.29) is 30.1 Å². The Balaban J connectivity index is 2.20. The smallest absolute Gasteiger partial charge is 0.306 e. The first kappa shape index (κ1) is 11.9. The number of carbonyl (C=O) groups is 1. The van der Waals surface area contributed by atoms with Gasteiger partial charge in [0.1, 0.15) is 5.75 Å². The molecule has 0 spiro atoms. The molecule has 2 unspecified atom stereocenters. The molecule has 1 aromatic rings. The third kappa shape index (κ3) is 2.26. The van der Waals surface area contributed by atoms with E-state index >= 15 is 0 Å². The maximum Gasteiger partial charge on any atom is 0.306 e. The highest BCUT2D eigenvalue weighted by Gasteiger charge is 2.33. The molecule has 92 valence electrons. The number of nitrogens with two attached hydrogens (primary N) is 1. The zero-order valence-corrected chi connectivity index (χ0v) is 9.85. The molecular formula is C13H17NO3. The van der Waals surface area contributed by atoms with Crippen LogP contribution in [0.4, 0.5) is 0 Å². The Bertz CT molecular complexity index is 431. The molecule has 2 rings (SSSR count). The van der Waals surface area contributed by atoms with Gasteiger partial charge in [-0.2, -0.15) is 0 Å². The summed E-state index contributed by atoms with van der Waals surface area (Å²) >= 11 is 0. The Morgan fingerprint density at radius 2 is 2.35 bits per heavy atom. The molecule has 0 bridgehead atoms. The molecule has 0 heterocycles. The molecule has 1 aliphatic rings. The predicted octanol–water partition coefficient (Wildman–Crippen LogP) is 1.31. The minimum Gasteiger partial charge on any atom is -0.508 e. The Morgan fingerprint density at radius 1 is 1.59 bits per heavy atom. The van der Waals surface area contributed by atoms with Gasteiger partial charge in [-0.25, -0.2) is 0 Å². The number of fused-ring (bicyclic) bond motifs is 1. The molecule has 0 aliphatic heterocycles. The van der Waals surface area contributed by atoms with Gasteiger partial charge in [0, 0.05) is 12.0 Å². The highest BCUT2D eigenvalue weighted by molar-refractivity contribution is 5.71. The highest BCUT2D eigenvalue weighted by Crippen LogP contribution is 2.39. The minimum atomic E-state index is -0.232. The van der Waals surface area contributed by atoms with Gasteiger partial charge in [-0.1, -0.05) is 12.1 Å². The number of rotatable bonds is 3. The Hall–Kier alpha value is -1.55. The summed E-state index contributed by atoms with van der Waals surface area (Å²) < 4.78 is 4.94. The number of phenolic OH excluding ortho intramolecular Hbond substituents is 1. The van der Waals surface area contributed by atoms with Crippen molar-refractivity contribution in [1.82, 2.24) is 0 Å². The maximum atomic E-state index is 11.5. The lowest BCUT2D eigenvalue weighted by Gasteiger charge is -2.15. The topological polar surface area (TPSA) is 72.5 Å². The molecule has 2 atom stereocenters. The molecule has 0 aromatic heterocycles. The molecule has 1 aromatic carbocycles. The fraction of sp³-hybridized carbons (Fsp3) is 0.462. The van der Waals surface area contributed by atoms with Crippen LogP contribution in [0.2, 0.25) is 0 Å². The first-order valence-electron chi connectivity index (χ1n) is 5.85. The van der Waals surface area contributed by atoms with Crippen molar-refractivity contribution in [2.75, 3.05) is 6.61 Å². The lowest BCUT2D eigenvalue weighted by molar-refractivity contribution is -0.143. The first-order valence-corrected chi connectivity index (χ1v) is 5.85. The van der Waals surface area contributed by atoms with Crippen LogP contribution in [0, 0.1) is 0 Å². The largest absolute Gasteiger partial charge is 0.508 e. The Labute approximate surface area is 100 Å². The maximum absolute atomic E-state index is 11.5. The fourth-order valence-electron chi connectivity index (χ4n) is 2.43. The quantitative estimate of drug-likeness (QED) is 0.775. The van der Waals surface area contributed by atoms with Crippen LogP contribution < -0.4 is 5.73 Å². The van der Waals surface area contributed by atoms with E-state index in [1.807, 2.05) is 6.07 Å². The summed E-state index contributed by atoms with van der Waals surface area (Å²) in [4.78, 5) is 11.5. The third-order valence-electron chi connectivity index (χ3n) is 3.24. The van der Waals surface area contributed by atoms with Crippen LogP contribution in [0.1, 0.15) is 30.4 Å². The van der Waals surface area contributed by atoms with Crippen LogP contribution in [0.3, 0.4) is 0 Å². The van der Waals surface area contributed by atoms with E-state index < -0.39 is 0 Å². The number of hydrogen-bond donors (Lipinski definition) is 2. The standard InChI is InChI=1S/C13H17NO3/c1-2-17-13(16)7-9-8-4-3-5-12(15)10(8)6-11(9)14/h3-5,9,11,15H,2,6-7,14H2,1H3. The summed E-state index contributed by atoms with van der Waals surface area (Å²) in [7, 11) is 0. The normalized spacial score (nSPS) is 22.2. The molecule has 0 saturated heterocycles. The van der Waals surface area contributed by atoms with E-state index in [4.69, 9.17) is 10.5 Å². The van der Waals surface area contributed by atoms with Gasteiger partial charge < -0.3 is 15.6 Å². The zero-order valence-electron chi connectivity index (χ0n) is 9.85. The molecule has 0 radical (unpaired) electrons.